The second kappa shape index (κ2) is 3.55. The number of allylic oxidation sites excluding steroid dienone is 1. The van der Waals surface area contributed by atoms with Crippen molar-refractivity contribution < 1.29 is 18.3 Å². The normalized spacial score (nSPS) is 42.2. The Kier molecular flexibility index (Phi) is 2.39. The summed E-state index contributed by atoms with van der Waals surface area (Å²) in [6.07, 6.45) is 4.34. The first kappa shape index (κ1) is 12.1. The molecule has 18 heavy (non-hydrogen) atoms. The highest BCUT2D eigenvalue weighted by molar-refractivity contribution is 5.77. The Labute approximate surface area is 105 Å². The molecule has 4 heteroatoms. The van der Waals surface area contributed by atoms with Gasteiger partial charge < -0.3 is 4.74 Å². The van der Waals surface area contributed by atoms with Gasteiger partial charge >= 0.3 is 11.9 Å². The van der Waals surface area contributed by atoms with Gasteiger partial charge in [-0.15, -0.1) is 0 Å². The second-order valence-corrected chi connectivity index (χ2v) is 6.38. The Bertz CT molecular complexity index is 393. The molecule has 2 nitrogen and oxygen atoms in total. The van der Waals surface area contributed by atoms with E-state index in [0.717, 1.165) is 19.3 Å². The predicted molar refractivity (Wildman–Crippen MR) is 62.1 cm³/mol. The van der Waals surface area contributed by atoms with Gasteiger partial charge in [0.05, 0.1) is 0 Å². The van der Waals surface area contributed by atoms with Crippen LogP contribution in [-0.2, 0) is 9.53 Å². The Balaban J connectivity index is 1.81. The number of carbonyl (C=O) groups excluding carboxylic acids is 1. The lowest BCUT2D eigenvalue weighted by Gasteiger charge is -2.56. The number of hydrogen-bond donors (Lipinski definition) is 0. The molecule has 0 spiro atoms. The van der Waals surface area contributed by atoms with E-state index in [1.165, 1.54) is 5.57 Å². The van der Waals surface area contributed by atoms with Crippen LogP contribution in [0.15, 0.2) is 12.2 Å². The first-order valence-electron chi connectivity index (χ1n) is 6.59. The third kappa shape index (κ3) is 1.77. The smallest absolute Gasteiger partial charge is 0.377 e. The van der Waals surface area contributed by atoms with Crippen LogP contribution in [0.25, 0.3) is 0 Å². The highest BCUT2D eigenvalue weighted by Gasteiger charge is 2.56. The van der Waals surface area contributed by atoms with E-state index in [4.69, 9.17) is 4.74 Å². The second-order valence-electron chi connectivity index (χ2n) is 6.38. The third-order valence-corrected chi connectivity index (χ3v) is 4.85. The average molecular weight is 256 g/mol. The third-order valence-electron chi connectivity index (χ3n) is 4.85. The summed E-state index contributed by atoms with van der Waals surface area (Å²) in [4.78, 5) is 11.4. The summed E-state index contributed by atoms with van der Waals surface area (Å²) in [6.45, 7) is 4.73. The number of carbonyl (C=O) groups is 1. The average Bonchev–Trinajstić information content (AvgIpc) is 2.22. The van der Waals surface area contributed by atoms with E-state index in [1.807, 2.05) is 0 Å². The molecule has 0 saturated heterocycles. The lowest BCUT2D eigenvalue weighted by Crippen LogP contribution is -2.54. The first-order chi connectivity index (χ1) is 8.29. The van der Waals surface area contributed by atoms with E-state index in [9.17, 15) is 13.6 Å². The van der Waals surface area contributed by atoms with Gasteiger partial charge in [-0.3, -0.25) is 0 Å². The van der Waals surface area contributed by atoms with Gasteiger partial charge in [0, 0.05) is 6.92 Å². The summed E-state index contributed by atoms with van der Waals surface area (Å²) in [7, 11) is 0. The number of hydrogen-bond acceptors (Lipinski definition) is 2. The summed E-state index contributed by atoms with van der Waals surface area (Å²) in [6, 6.07) is 0. The fourth-order valence-electron chi connectivity index (χ4n) is 4.22. The van der Waals surface area contributed by atoms with Gasteiger partial charge in [-0.05, 0) is 49.9 Å². The summed E-state index contributed by atoms with van der Waals surface area (Å²) in [5.41, 5.74) is 0.620. The van der Waals surface area contributed by atoms with E-state index in [0.29, 0.717) is 37.5 Å². The van der Waals surface area contributed by atoms with Gasteiger partial charge in [0.2, 0.25) is 0 Å². The van der Waals surface area contributed by atoms with Crippen molar-refractivity contribution in [2.75, 3.05) is 0 Å². The molecular weight excluding hydrogens is 238 g/mol. The van der Waals surface area contributed by atoms with Crippen molar-refractivity contribution >= 4 is 5.97 Å². The van der Waals surface area contributed by atoms with Crippen LogP contribution in [0, 0.1) is 17.8 Å². The molecule has 4 fully saturated rings. The molecule has 0 radical (unpaired) electrons. The van der Waals surface area contributed by atoms with Gasteiger partial charge in [-0.1, -0.05) is 12.2 Å². The van der Waals surface area contributed by atoms with Gasteiger partial charge in [-0.25, -0.2) is 4.79 Å². The number of ether oxygens (including phenoxy) is 1. The zero-order valence-electron chi connectivity index (χ0n) is 10.5. The standard InChI is InChI=1S/C14H18F2O2/c1-8-10-3-9-4-11(8)7-14(5-9,6-10)18-12(17)13(2,15)16/h9-11H,1,3-7H2,2H3. The maximum atomic E-state index is 13.0. The molecule has 0 aliphatic heterocycles. The minimum absolute atomic E-state index is 0.370. The van der Waals surface area contributed by atoms with Gasteiger partial charge in [0.1, 0.15) is 5.60 Å². The summed E-state index contributed by atoms with van der Waals surface area (Å²) in [5.74, 6) is -3.49. The van der Waals surface area contributed by atoms with Crippen LogP contribution in [0.2, 0.25) is 0 Å². The lowest BCUT2D eigenvalue weighted by atomic mass is 9.52. The SMILES string of the molecule is C=C1C2CC3CC1CC(OC(=O)C(C)(F)F)(C3)C2. The zero-order valence-corrected chi connectivity index (χ0v) is 10.5. The van der Waals surface area contributed by atoms with Crippen molar-refractivity contribution in [1.82, 2.24) is 0 Å². The molecule has 0 amide bonds. The molecular formula is C14H18F2O2. The maximum Gasteiger partial charge on any atom is 0.377 e. The summed E-state index contributed by atoms with van der Waals surface area (Å²) in [5, 5.41) is 0. The number of alkyl halides is 2. The Hall–Kier alpha value is -0.930. The molecule has 2 atom stereocenters. The molecule has 0 N–H and O–H groups in total. The molecule has 4 aliphatic carbocycles. The summed E-state index contributed by atoms with van der Waals surface area (Å²) < 4.78 is 31.2. The quantitative estimate of drug-likeness (QED) is 0.559. The number of esters is 1. The van der Waals surface area contributed by atoms with Crippen LogP contribution >= 0.6 is 0 Å². The Morgan fingerprint density at radius 2 is 1.89 bits per heavy atom. The molecule has 4 bridgehead atoms. The van der Waals surface area contributed by atoms with Crippen molar-refractivity contribution in [2.45, 2.75) is 50.6 Å². The fraction of sp³-hybridized carbons (Fsp3) is 0.786. The molecule has 0 aromatic rings. The van der Waals surface area contributed by atoms with E-state index in [2.05, 4.69) is 6.58 Å². The molecule has 4 saturated carbocycles. The molecule has 0 heterocycles. The van der Waals surface area contributed by atoms with E-state index < -0.39 is 17.5 Å². The minimum atomic E-state index is -3.39. The van der Waals surface area contributed by atoms with E-state index in [-0.39, 0.29) is 0 Å². The van der Waals surface area contributed by atoms with Gasteiger partial charge in [0.25, 0.3) is 0 Å². The number of halogens is 2. The highest BCUT2D eigenvalue weighted by atomic mass is 19.3. The maximum absolute atomic E-state index is 13.0. The van der Waals surface area contributed by atoms with Gasteiger partial charge in [0.15, 0.2) is 0 Å². The van der Waals surface area contributed by atoms with Crippen LogP contribution in [-0.4, -0.2) is 17.5 Å². The predicted octanol–water partition coefficient (Wildman–Crippen LogP) is 3.32. The van der Waals surface area contributed by atoms with E-state index in [1.54, 1.807) is 0 Å². The van der Waals surface area contributed by atoms with Crippen LogP contribution in [0.1, 0.15) is 39.0 Å². The highest BCUT2D eigenvalue weighted by Crippen LogP contribution is 2.59. The van der Waals surface area contributed by atoms with Crippen molar-refractivity contribution in [2.24, 2.45) is 17.8 Å². The van der Waals surface area contributed by atoms with Crippen molar-refractivity contribution in [3.05, 3.63) is 12.2 Å². The first-order valence-corrected chi connectivity index (χ1v) is 6.59. The molecule has 4 aliphatic rings. The van der Waals surface area contributed by atoms with Crippen LogP contribution in [0.4, 0.5) is 8.78 Å². The monoisotopic (exact) mass is 256 g/mol. The van der Waals surface area contributed by atoms with E-state index >= 15 is 0 Å². The van der Waals surface area contributed by atoms with Crippen LogP contribution in [0.3, 0.4) is 0 Å². The topological polar surface area (TPSA) is 26.3 Å². The largest absolute Gasteiger partial charge is 0.455 e. The summed E-state index contributed by atoms with van der Waals surface area (Å²) >= 11 is 0. The molecule has 0 aromatic carbocycles. The van der Waals surface area contributed by atoms with Crippen LogP contribution in [0.5, 0.6) is 0 Å². The Morgan fingerprint density at radius 3 is 2.39 bits per heavy atom. The Morgan fingerprint density at radius 1 is 1.33 bits per heavy atom. The number of rotatable bonds is 2. The lowest BCUT2D eigenvalue weighted by molar-refractivity contribution is -0.202. The van der Waals surface area contributed by atoms with Crippen molar-refractivity contribution in [1.29, 1.82) is 0 Å². The van der Waals surface area contributed by atoms with Crippen LogP contribution < -0.4 is 0 Å². The minimum Gasteiger partial charge on any atom is -0.455 e. The van der Waals surface area contributed by atoms with Crippen molar-refractivity contribution in [3.8, 4) is 0 Å². The van der Waals surface area contributed by atoms with Crippen molar-refractivity contribution in [3.63, 3.8) is 0 Å². The zero-order chi connectivity index (χ0) is 13.1. The van der Waals surface area contributed by atoms with Gasteiger partial charge in [-0.2, -0.15) is 8.78 Å². The molecule has 100 valence electrons. The molecule has 0 aromatic heterocycles. The fourth-order valence-corrected chi connectivity index (χ4v) is 4.22. The molecule has 2 unspecified atom stereocenters. The molecule has 4 rings (SSSR count).